The van der Waals surface area contributed by atoms with Gasteiger partial charge in [0.15, 0.2) is 15.6 Å². The topological polar surface area (TPSA) is 69.4 Å². The van der Waals surface area contributed by atoms with Crippen molar-refractivity contribution in [3.63, 3.8) is 0 Å². The van der Waals surface area contributed by atoms with Crippen LogP contribution in [0, 0.1) is 12.7 Å². The lowest BCUT2D eigenvalue weighted by Crippen LogP contribution is -2.04. The minimum absolute atomic E-state index is 0.00904. The molecule has 0 aliphatic heterocycles. The predicted molar refractivity (Wildman–Crippen MR) is 75.2 cm³/mol. The van der Waals surface area contributed by atoms with Crippen LogP contribution in [0.1, 0.15) is 5.56 Å². The summed E-state index contributed by atoms with van der Waals surface area (Å²) in [6.45, 7) is 1.69. The first-order valence-electron chi connectivity index (χ1n) is 5.81. The van der Waals surface area contributed by atoms with E-state index in [9.17, 15) is 12.8 Å². The highest BCUT2D eigenvalue weighted by molar-refractivity contribution is 7.90. The lowest BCUT2D eigenvalue weighted by Gasteiger charge is -2.12. The van der Waals surface area contributed by atoms with Crippen molar-refractivity contribution in [3.05, 3.63) is 47.8 Å². The molecule has 0 radical (unpaired) electrons. The van der Waals surface area contributed by atoms with Crippen LogP contribution >= 0.6 is 0 Å². The van der Waals surface area contributed by atoms with Gasteiger partial charge in [0.2, 0.25) is 0 Å². The Morgan fingerprint density at radius 2 is 1.85 bits per heavy atom. The Morgan fingerprint density at radius 3 is 2.45 bits per heavy atom. The third-order valence-corrected chi connectivity index (χ3v) is 3.94. The third kappa shape index (κ3) is 2.91. The molecule has 0 saturated carbocycles. The van der Waals surface area contributed by atoms with E-state index in [1.165, 1.54) is 24.3 Å². The van der Waals surface area contributed by atoms with Crippen molar-refractivity contribution in [2.24, 2.45) is 0 Å². The predicted octanol–water partition coefficient (Wildman–Crippen LogP) is 2.91. The van der Waals surface area contributed by atoms with Crippen LogP contribution < -0.4 is 10.5 Å². The van der Waals surface area contributed by atoms with Crippen molar-refractivity contribution >= 4 is 15.5 Å². The highest BCUT2D eigenvalue weighted by Crippen LogP contribution is 2.33. The van der Waals surface area contributed by atoms with Crippen molar-refractivity contribution < 1.29 is 17.5 Å². The first kappa shape index (κ1) is 14.3. The van der Waals surface area contributed by atoms with E-state index in [1.807, 2.05) is 0 Å². The molecule has 0 bridgehead atoms. The van der Waals surface area contributed by atoms with Gasteiger partial charge in [0.05, 0.1) is 10.6 Å². The molecule has 0 unspecified atom stereocenters. The van der Waals surface area contributed by atoms with Gasteiger partial charge in [0.25, 0.3) is 0 Å². The molecule has 0 spiro atoms. The molecule has 0 amide bonds. The Balaban J connectivity index is 2.45. The fraction of sp³-hybridized carbons (Fsp3) is 0.143. The zero-order chi connectivity index (χ0) is 14.9. The largest absolute Gasteiger partial charge is 0.455 e. The quantitative estimate of drug-likeness (QED) is 0.884. The summed E-state index contributed by atoms with van der Waals surface area (Å²) in [7, 11) is -3.43. The number of nitrogens with two attached hydrogens (primary N) is 1. The minimum atomic E-state index is -3.43. The first-order chi connectivity index (χ1) is 9.29. The maximum Gasteiger partial charge on any atom is 0.177 e. The van der Waals surface area contributed by atoms with E-state index in [4.69, 9.17) is 10.5 Å². The van der Waals surface area contributed by atoms with Gasteiger partial charge in [-0.25, -0.2) is 12.8 Å². The lowest BCUT2D eigenvalue weighted by molar-refractivity contribution is 0.477. The molecule has 0 saturated heterocycles. The Morgan fingerprint density at radius 1 is 1.15 bits per heavy atom. The van der Waals surface area contributed by atoms with Crippen molar-refractivity contribution in [1.82, 2.24) is 0 Å². The molecule has 0 aliphatic rings. The van der Waals surface area contributed by atoms with Gasteiger partial charge in [-0.05, 0) is 42.8 Å². The van der Waals surface area contributed by atoms with E-state index in [0.717, 1.165) is 6.26 Å². The summed E-state index contributed by atoms with van der Waals surface area (Å²) in [5.41, 5.74) is 6.45. The number of para-hydroxylation sites is 1. The van der Waals surface area contributed by atoms with E-state index >= 15 is 0 Å². The maximum atomic E-state index is 13.0. The van der Waals surface area contributed by atoms with Crippen molar-refractivity contribution in [1.29, 1.82) is 0 Å². The molecular formula is C14H14FNO3S. The molecule has 6 heteroatoms. The Bertz CT molecular complexity index is 757. The molecule has 0 aromatic heterocycles. The Kier molecular flexibility index (Phi) is 3.67. The van der Waals surface area contributed by atoms with E-state index in [-0.39, 0.29) is 22.1 Å². The molecule has 2 aromatic carbocycles. The van der Waals surface area contributed by atoms with Crippen LogP contribution in [-0.2, 0) is 9.84 Å². The van der Waals surface area contributed by atoms with E-state index in [0.29, 0.717) is 11.3 Å². The molecule has 0 fully saturated rings. The number of hydrogen-bond acceptors (Lipinski definition) is 4. The molecule has 2 rings (SSSR count). The van der Waals surface area contributed by atoms with Crippen LogP contribution in [0.4, 0.5) is 10.1 Å². The number of sulfone groups is 1. The second-order valence-electron chi connectivity index (χ2n) is 4.45. The number of benzene rings is 2. The molecule has 2 N–H and O–H groups in total. The van der Waals surface area contributed by atoms with Crippen LogP contribution in [-0.4, -0.2) is 14.7 Å². The molecule has 0 heterocycles. The number of hydrogen-bond donors (Lipinski definition) is 1. The third-order valence-electron chi connectivity index (χ3n) is 2.78. The lowest BCUT2D eigenvalue weighted by atomic mass is 10.2. The zero-order valence-electron chi connectivity index (χ0n) is 11.1. The van der Waals surface area contributed by atoms with Crippen LogP contribution in [0.15, 0.2) is 41.3 Å². The molecule has 0 atom stereocenters. The smallest absolute Gasteiger partial charge is 0.177 e. The summed E-state index contributed by atoms with van der Waals surface area (Å²) < 4.78 is 41.8. The van der Waals surface area contributed by atoms with Gasteiger partial charge in [-0.15, -0.1) is 0 Å². The fourth-order valence-corrected chi connectivity index (χ4v) is 2.61. The van der Waals surface area contributed by atoms with Crippen LogP contribution in [0.3, 0.4) is 0 Å². The number of halogens is 1. The maximum absolute atomic E-state index is 13.0. The summed E-state index contributed by atoms with van der Waals surface area (Å²) in [5, 5.41) is 0. The summed E-state index contributed by atoms with van der Waals surface area (Å²) >= 11 is 0. The minimum Gasteiger partial charge on any atom is -0.455 e. The van der Waals surface area contributed by atoms with E-state index < -0.39 is 9.84 Å². The second-order valence-corrected chi connectivity index (χ2v) is 6.44. The first-order valence-corrected chi connectivity index (χ1v) is 7.71. The molecule has 20 heavy (non-hydrogen) atoms. The van der Waals surface area contributed by atoms with Gasteiger partial charge in [-0.2, -0.15) is 0 Å². The van der Waals surface area contributed by atoms with Crippen molar-refractivity contribution in [2.75, 3.05) is 12.0 Å². The molecule has 106 valence electrons. The fourth-order valence-electron chi connectivity index (χ4n) is 1.78. The Hall–Kier alpha value is -2.08. The number of nitrogen functional groups attached to an aromatic ring is 1. The highest BCUT2D eigenvalue weighted by Gasteiger charge is 2.15. The summed E-state index contributed by atoms with van der Waals surface area (Å²) in [5.74, 6) is 0.277. The number of aryl methyl sites for hydroxylation is 1. The van der Waals surface area contributed by atoms with Gasteiger partial charge in [0.1, 0.15) is 11.6 Å². The number of rotatable bonds is 3. The number of anilines is 1. The monoisotopic (exact) mass is 295 g/mol. The standard InChI is InChI=1S/C14H14FNO3S/c1-9-8-10(15)6-7-11(9)19-12-4-3-5-13(14(12)16)20(2,17)18/h3-8H,16H2,1-2H3. The average Bonchev–Trinajstić information content (AvgIpc) is 2.33. The highest BCUT2D eigenvalue weighted by atomic mass is 32.2. The summed E-state index contributed by atoms with van der Waals surface area (Å²) in [4.78, 5) is 0.00904. The van der Waals surface area contributed by atoms with E-state index in [2.05, 4.69) is 0 Å². The van der Waals surface area contributed by atoms with Gasteiger partial charge >= 0.3 is 0 Å². The van der Waals surface area contributed by atoms with Gasteiger partial charge in [-0.1, -0.05) is 6.07 Å². The van der Waals surface area contributed by atoms with E-state index in [1.54, 1.807) is 19.1 Å². The molecule has 0 aliphatic carbocycles. The summed E-state index contributed by atoms with van der Waals surface area (Å²) in [6, 6.07) is 8.57. The molecule has 4 nitrogen and oxygen atoms in total. The molecule has 2 aromatic rings. The van der Waals surface area contributed by atoms with Gasteiger partial charge < -0.3 is 10.5 Å². The van der Waals surface area contributed by atoms with Gasteiger partial charge in [0, 0.05) is 6.26 Å². The van der Waals surface area contributed by atoms with Gasteiger partial charge in [-0.3, -0.25) is 0 Å². The van der Waals surface area contributed by atoms with Crippen LogP contribution in [0.2, 0.25) is 0 Å². The SMILES string of the molecule is Cc1cc(F)ccc1Oc1cccc(S(C)(=O)=O)c1N. The average molecular weight is 295 g/mol. The molecular weight excluding hydrogens is 281 g/mol. The second kappa shape index (κ2) is 5.13. The number of ether oxygens (including phenoxy) is 1. The Labute approximate surface area is 116 Å². The zero-order valence-corrected chi connectivity index (χ0v) is 11.9. The van der Waals surface area contributed by atoms with Crippen molar-refractivity contribution in [2.45, 2.75) is 11.8 Å². The summed E-state index contributed by atoms with van der Waals surface area (Å²) in [6.07, 6.45) is 1.08. The van der Waals surface area contributed by atoms with Crippen molar-refractivity contribution in [3.8, 4) is 11.5 Å². The van der Waals surface area contributed by atoms with Crippen LogP contribution in [0.25, 0.3) is 0 Å². The van der Waals surface area contributed by atoms with Crippen LogP contribution in [0.5, 0.6) is 11.5 Å². The normalized spacial score (nSPS) is 11.3.